The van der Waals surface area contributed by atoms with Gasteiger partial charge in [-0.3, -0.25) is 0 Å². The maximum absolute atomic E-state index is 9.50. The van der Waals surface area contributed by atoms with Gasteiger partial charge in [0.05, 0.1) is 0 Å². The molecule has 8 heteroatoms. The van der Waals surface area contributed by atoms with Gasteiger partial charge in [0.1, 0.15) is 0 Å². The molecule has 0 bridgehead atoms. The Bertz CT molecular complexity index is 98.8. The van der Waals surface area contributed by atoms with Gasteiger partial charge in [0.25, 0.3) is 0 Å². The molecule has 1 rings (SSSR count). The fraction of sp³-hybridized carbons (Fsp3) is 0.857. The molecule has 0 radical (unpaired) electrons. The third kappa shape index (κ3) is 29.1. The van der Waals surface area contributed by atoms with Crippen LogP contribution < -0.4 is 16.0 Å². The molecule has 136 valence electrons. The van der Waals surface area contributed by atoms with Crippen LogP contribution in [0.25, 0.3) is 5.32 Å². The number of nitrogens with one attached hydrogen (secondary N) is 3. The Kier molecular flexibility index (Phi) is 52.6. The van der Waals surface area contributed by atoms with Crippen molar-refractivity contribution < 1.29 is 24.1 Å². The first kappa shape index (κ1) is 34.4. The molecule has 0 aliphatic carbocycles. The molecule has 1 saturated heterocycles. The molecule has 0 aromatic carbocycles. The van der Waals surface area contributed by atoms with Crippen molar-refractivity contribution in [2.24, 2.45) is 0 Å². The molecule has 0 atom stereocenters. The molecule has 3 N–H and O–H groups in total. The number of hydrogen-bond acceptors (Lipinski definition) is 3. The topological polar surface area (TPSA) is 50.2 Å². The molecule has 1 aliphatic heterocycles. The Morgan fingerprint density at radius 2 is 0.864 bits per heavy atom. The summed E-state index contributed by atoms with van der Waals surface area (Å²) in [6.45, 7) is 8.80. The SMILES string of the molecule is C1C[N-]CCCNCCCNCCCNC1.Cl.Cl.[CH3-].[CH3-].[F][Ti+3]. The molecular formula is C14H35Cl2FN4Ti. The summed E-state index contributed by atoms with van der Waals surface area (Å²) in [6, 6.07) is 0. The van der Waals surface area contributed by atoms with E-state index in [1.165, 1.54) is 25.7 Å². The van der Waals surface area contributed by atoms with Gasteiger partial charge in [0.2, 0.25) is 0 Å². The third-order valence-corrected chi connectivity index (χ3v) is 2.75. The molecular weight excluding hydrogens is 362 g/mol. The van der Waals surface area contributed by atoms with Crippen molar-refractivity contribution in [3.63, 3.8) is 0 Å². The molecule has 0 saturated carbocycles. The van der Waals surface area contributed by atoms with Crippen LogP contribution in [0.4, 0.5) is 3.09 Å². The molecule has 22 heavy (non-hydrogen) atoms. The zero-order valence-electron chi connectivity index (χ0n) is 14.1. The van der Waals surface area contributed by atoms with Gasteiger partial charge >= 0.3 is 24.1 Å². The molecule has 4 nitrogen and oxygen atoms in total. The summed E-state index contributed by atoms with van der Waals surface area (Å²) in [5.41, 5.74) is 0. The average Bonchev–Trinajstić information content (AvgIpc) is 2.41. The van der Waals surface area contributed by atoms with Crippen LogP contribution in [0.2, 0.25) is 0 Å². The van der Waals surface area contributed by atoms with E-state index in [2.05, 4.69) is 21.3 Å². The van der Waals surface area contributed by atoms with Crippen molar-refractivity contribution in [1.29, 1.82) is 0 Å². The van der Waals surface area contributed by atoms with E-state index in [1.807, 2.05) is 0 Å². The van der Waals surface area contributed by atoms with Gasteiger partial charge in [0, 0.05) is 0 Å². The molecule has 0 aromatic rings. The van der Waals surface area contributed by atoms with Gasteiger partial charge in [-0.1, -0.05) is 12.8 Å². The van der Waals surface area contributed by atoms with Crippen LogP contribution in [0.1, 0.15) is 25.7 Å². The van der Waals surface area contributed by atoms with Gasteiger partial charge in [0.15, 0.2) is 0 Å². The second-order valence-corrected chi connectivity index (χ2v) is 4.34. The van der Waals surface area contributed by atoms with Crippen LogP contribution >= 0.6 is 24.8 Å². The van der Waals surface area contributed by atoms with Crippen LogP contribution in [0, 0.1) is 14.9 Å². The summed E-state index contributed by atoms with van der Waals surface area (Å²) >= 11 is 0.500. The zero-order valence-corrected chi connectivity index (χ0v) is 17.3. The molecule has 1 fully saturated rings. The van der Waals surface area contributed by atoms with E-state index in [0.717, 1.165) is 52.4 Å². The molecule has 1 heterocycles. The van der Waals surface area contributed by atoms with Gasteiger partial charge < -0.3 is 36.1 Å². The fourth-order valence-electron chi connectivity index (χ4n) is 1.80. The molecule has 0 aromatic heterocycles. The predicted octanol–water partition coefficient (Wildman–Crippen LogP) is 2.86. The Balaban J connectivity index is -0.000000154. The minimum absolute atomic E-state index is 0. The quantitative estimate of drug-likeness (QED) is 0.435. The minimum atomic E-state index is 0. The van der Waals surface area contributed by atoms with E-state index >= 15 is 0 Å². The van der Waals surface area contributed by atoms with Crippen molar-refractivity contribution in [3.8, 4) is 0 Å². The van der Waals surface area contributed by atoms with Crippen molar-refractivity contribution >= 4 is 24.8 Å². The number of nitrogens with zero attached hydrogens (tertiary/aromatic N) is 1. The molecule has 0 amide bonds. The van der Waals surface area contributed by atoms with E-state index < -0.39 is 0 Å². The Morgan fingerprint density at radius 1 is 0.591 bits per heavy atom. The van der Waals surface area contributed by atoms with Crippen LogP contribution in [0.3, 0.4) is 0 Å². The first-order chi connectivity index (χ1) is 9.00. The van der Waals surface area contributed by atoms with Gasteiger partial charge in [-0.25, -0.2) is 0 Å². The zero-order chi connectivity index (χ0) is 13.3. The van der Waals surface area contributed by atoms with Crippen LogP contribution in [0.15, 0.2) is 0 Å². The number of rotatable bonds is 0. The monoisotopic (exact) mass is 396 g/mol. The normalized spacial score (nSPS) is 17.8. The van der Waals surface area contributed by atoms with Crippen LogP contribution in [-0.2, 0) is 21.0 Å². The van der Waals surface area contributed by atoms with E-state index in [4.69, 9.17) is 0 Å². The number of halogens is 3. The Hall–Kier alpha value is 1.06. The van der Waals surface area contributed by atoms with E-state index in [1.54, 1.807) is 0 Å². The molecule has 0 spiro atoms. The van der Waals surface area contributed by atoms with Crippen molar-refractivity contribution in [3.05, 3.63) is 20.2 Å². The summed E-state index contributed by atoms with van der Waals surface area (Å²) in [7, 11) is 0. The number of hydrogen-bond donors (Lipinski definition) is 3. The van der Waals surface area contributed by atoms with E-state index in [0.29, 0.717) is 21.0 Å². The first-order valence-electron chi connectivity index (χ1n) is 6.94. The van der Waals surface area contributed by atoms with Crippen LogP contribution in [0.5, 0.6) is 0 Å². The van der Waals surface area contributed by atoms with E-state index in [9.17, 15) is 3.09 Å². The fourth-order valence-corrected chi connectivity index (χ4v) is 1.80. The third-order valence-electron chi connectivity index (χ3n) is 2.75. The summed E-state index contributed by atoms with van der Waals surface area (Å²) in [4.78, 5) is 0. The molecule has 1 aliphatic rings. The summed E-state index contributed by atoms with van der Waals surface area (Å²) in [5, 5.41) is 14.9. The first-order valence-corrected chi connectivity index (χ1v) is 7.53. The van der Waals surface area contributed by atoms with Gasteiger partial charge in [-0.2, -0.15) is 0 Å². The van der Waals surface area contributed by atoms with E-state index in [-0.39, 0.29) is 39.7 Å². The summed E-state index contributed by atoms with van der Waals surface area (Å²) in [6.07, 6.45) is 4.82. The Labute approximate surface area is 162 Å². The molecule has 0 unspecified atom stereocenters. The van der Waals surface area contributed by atoms with Gasteiger partial charge in [-0.15, -0.1) is 37.9 Å². The standard InChI is InChI=1S/C12H27N4.2CH3.2ClH.FH.Ti/c1-5-13-7-2-9-15-11-4-12-16-10-3-8-14-6-1;;;;;;/h13-15H,1-12H2;2*1H3;3*1H;/q3*-1;;;;+4/p-1. The van der Waals surface area contributed by atoms with Crippen LogP contribution in [-0.4, -0.2) is 52.4 Å². The van der Waals surface area contributed by atoms with Crippen molar-refractivity contribution in [2.75, 3.05) is 52.4 Å². The summed E-state index contributed by atoms with van der Waals surface area (Å²) < 4.78 is 9.50. The Morgan fingerprint density at radius 3 is 1.18 bits per heavy atom. The maximum atomic E-state index is 9.50. The second kappa shape index (κ2) is 33.6. The average molecular weight is 397 g/mol. The van der Waals surface area contributed by atoms with Gasteiger partial charge in [-0.05, 0) is 52.1 Å². The predicted molar refractivity (Wildman–Crippen MR) is 98.6 cm³/mol. The van der Waals surface area contributed by atoms with Crippen molar-refractivity contribution in [1.82, 2.24) is 16.0 Å². The second-order valence-electron chi connectivity index (χ2n) is 4.34. The summed E-state index contributed by atoms with van der Waals surface area (Å²) in [5.74, 6) is 0. The van der Waals surface area contributed by atoms with Crippen molar-refractivity contribution in [2.45, 2.75) is 25.7 Å².